The van der Waals surface area contributed by atoms with Crippen molar-refractivity contribution in [1.82, 2.24) is 0 Å². The third kappa shape index (κ3) is 4.31. The Bertz CT molecular complexity index is 175. The number of allylic oxidation sites excluding steroid dienone is 2. The van der Waals surface area contributed by atoms with Crippen molar-refractivity contribution in [3.63, 3.8) is 0 Å². The van der Waals surface area contributed by atoms with E-state index in [9.17, 15) is 0 Å². The van der Waals surface area contributed by atoms with E-state index in [-0.39, 0.29) is 0 Å². The molecule has 0 nitrogen and oxygen atoms in total. The fraction of sp³-hybridized carbons (Fsp3) is 0.700. The Morgan fingerprint density at radius 2 is 1.64 bits per heavy atom. The van der Waals surface area contributed by atoms with Crippen LogP contribution in [-0.2, 0) is 0 Å². The largest absolute Gasteiger partial charge is 0.0849 e. The van der Waals surface area contributed by atoms with Crippen LogP contribution in [0.2, 0.25) is 0 Å². The standard InChI is InChI=1S/C10H18S/c1-7(2)6-8(3)9(4)10(5)11/h7H,6H2,1-5H3/b9-8-. The maximum absolute atomic E-state index is 5.09. The van der Waals surface area contributed by atoms with Crippen LogP contribution in [0.15, 0.2) is 11.1 Å². The van der Waals surface area contributed by atoms with E-state index in [1.54, 1.807) is 0 Å². The lowest BCUT2D eigenvalue weighted by Gasteiger charge is -2.08. The van der Waals surface area contributed by atoms with Crippen LogP contribution in [0.4, 0.5) is 0 Å². The van der Waals surface area contributed by atoms with Crippen molar-refractivity contribution < 1.29 is 0 Å². The summed E-state index contributed by atoms with van der Waals surface area (Å²) in [6.45, 7) is 10.7. The molecule has 0 bridgehead atoms. The van der Waals surface area contributed by atoms with Gasteiger partial charge in [-0.15, -0.1) is 0 Å². The molecule has 0 rings (SSSR count). The topological polar surface area (TPSA) is 0 Å². The predicted molar refractivity (Wildman–Crippen MR) is 56.1 cm³/mol. The molecular weight excluding hydrogens is 152 g/mol. The van der Waals surface area contributed by atoms with E-state index >= 15 is 0 Å². The lowest BCUT2D eigenvalue weighted by molar-refractivity contribution is 0.640. The Kier molecular flexibility index (Phi) is 4.58. The molecule has 0 aromatic carbocycles. The van der Waals surface area contributed by atoms with Crippen molar-refractivity contribution in [2.24, 2.45) is 5.92 Å². The number of hydrogen-bond acceptors (Lipinski definition) is 1. The lowest BCUT2D eigenvalue weighted by atomic mass is 9.99. The van der Waals surface area contributed by atoms with Crippen LogP contribution in [0.1, 0.15) is 41.0 Å². The van der Waals surface area contributed by atoms with Crippen molar-refractivity contribution >= 4 is 17.1 Å². The van der Waals surface area contributed by atoms with Gasteiger partial charge in [-0.3, -0.25) is 0 Å². The average molecular weight is 170 g/mol. The molecule has 0 aromatic heterocycles. The van der Waals surface area contributed by atoms with Gasteiger partial charge in [-0.2, -0.15) is 0 Å². The fourth-order valence-corrected chi connectivity index (χ4v) is 1.24. The maximum Gasteiger partial charge on any atom is 0.0149 e. The fourth-order valence-electron chi connectivity index (χ4n) is 1.07. The van der Waals surface area contributed by atoms with Gasteiger partial charge >= 0.3 is 0 Å². The van der Waals surface area contributed by atoms with Gasteiger partial charge in [-0.25, -0.2) is 0 Å². The van der Waals surface area contributed by atoms with E-state index in [0.29, 0.717) is 0 Å². The first-order chi connectivity index (χ1) is 4.95. The van der Waals surface area contributed by atoms with Crippen LogP contribution in [0.5, 0.6) is 0 Å². The summed E-state index contributed by atoms with van der Waals surface area (Å²) >= 11 is 5.09. The van der Waals surface area contributed by atoms with E-state index in [0.717, 1.165) is 10.8 Å². The van der Waals surface area contributed by atoms with E-state index in [1.807, 2.05) is 6.92 Å². The third-order valence-electron chi connectivity index (χ3n) is 1.88. The molecule has 0 aromatic rings. The van der Waals surface area contributed by atoms with Crippen LogP contribution >= 0.6 is 12.2 Å². The van der Waals surface area contributed by atoms with Crippen LogP contribution < -0.4 is 0 Å². The van der Waals surface area contributed by atoms with Crippen molar-refractivity contribution in [1.29, 1.82) is 0 Å². The zero-order valence-corrected chi connectivity index (χ0v) is 9.01. The summed E-state index contributed by atoms with van der Waals surface area (Å²) in [6.07, 6.45) is 1.17. The minimum Gasteiger partial charge on any atom is -0.0849 e. The van der Waals surface area contributed by atoms with Crippen LogP contribution in [0.25, 0.3) is 0 Å². The summed E-state index contributed by atoms with van der Waals surface area (Å²) in [4.78, 5) is 1.03. The molecule has 0 saturated heterocycles. The summed E-state index contributed by atoms with van der Waals surface area (Å²) in [6, 6.07) is 0. The van der Waals surface area contributed by atoms with Gasteiger partial charge in [0.05, 0.1) is 0 Å². The molecule has 0 aliphatic heterocycles. The molecule has 0 unspecified atom stereocenters. The molecule has 0 aliphatic rings. The normalized spacial score (nSPS) is 13.3. The smallest absolute Gasteiger partial charge is 0.0149 e. The van der Waals surface area contributed by atoms with Crippen molar-refractivity contribution in [3.05, 3.63) is 11.1 Å². The Morgan fingerprint density at radius 1 is 1.18 bits per heavy atom. The Morgan fingerprint density at radius 3 is 1.91 bits per heavy atom. The molecule has 64 valence electrons. The van der Waals surface area contributed by atoms with Gasteiger partial charge in [-0.1, -0.05) is 31.6 Å². The van der Waals surface area contributed by atoms with Gasteiger partial charge in [0.25, 0.3) is 0 Å². The number of thiocarbonyl (C=S) groups is 1. The van der Waals surface area contributed by atoms with E-state index in [4.69, 9.17) is 12.2 Å². The van der Waals surface area contributed by atoms with Crippen LogP contribution in [0.3, 0.4) is 0 Å². The maximum atomic E-state index is 5.09. The third-order valence-corrected chi connectivity index (χ3v) is 2.19. The minimum atomic E-state index is 0.735. The highest BCUT2D eigenvalue weighted by Crippen LogP contribution is 2.15. The van der Waals surface area contributed by atoms with E-state index < -0.39 is 0 Å². The summed E-state index contributed by atoms with van der Waals surface area (Å²) in [5.41, 5.74) is 2.74. The summed E-state index contributed by atoms with van der Waals surface area (Å²) in [5, 5.41) is 0. The second-order valence-electron chi connectivity index (χ2n) is 3.56. The molecule has 0 saturated carbocycles. The molecule has 11 heavy (non-hydrogen) atoms. The van der Waals surface area contributed by atoms with Gasteiger partial charge in [-0.05, 0) is 38.7 Å². The first-order valence-electron chi connectivity index (χ1n) is 4.12. The number of rotatable bonds is 3. The molecular formula is C10H18S. The molecule has 1 heteroatoms. The second-order valence-corrected chi connectivity index (χ2v) is 4.17. The van der Waals surface area contributed by atoms with Crippen LogP contribution in [-0.4, -0.2) is 4.86 Å². The Labute approximate surface area is 75.7 Å². The second kappa shape index (κ2) is 4.66. The zero-order valence-electron chi connectivity index (χ0n) is 8.19. The summed E-state index contributed by atoms with van der Waals surface area (Å²) in [5.74, 6) is 0.735. The highest BCUT2D eigenvalue weighted by molar-refractivity contribution is 7.80. The molecule has 0 spiro atoms. The average Bonchev–Trinajstić information content (AvgIpc) is 1.84. The zero-order chi connectivity index (χ0) is 9.02. The molecule has 0 N–H and O–H groups in total. The molecule has 0 aliphatic carbocycles. The minimum absolute atomic E-state index is 0.735. The van der Waals surface area contributed by atoms with Gasteiger partial charge in [0.15, 0.2) is 0 Å². The SMILES string of the molecule is CC(=S)/C(C)=C(/C)CC(C)C. The molecule has 0 atom stereocenters. The monoisotopic (exact) mass is 170 g/mol. The molecule has 0 amide bonds. The van der Waals surface area contributed by atoms with E-state index in [2.05, 4.69) is 27.7 Å². The molecule has 0 fully saturated rings. The Balaban J connectivity index is 4.28. The summed E-state index contributed by atoms with van der Waals surface area (Å²) < 4.78 is 0. The van der Waals surface area contributed by atoms with Crippen molar-refractivity contribution in [2.75, 3.05) is 0 Å². The molecule has 0 radical (unpaired) electrons. The van der Waals surface area contributed by atoms with Gasteiger partial charge in [0.2, 0.25) is 0 Å². The Hall–Kier alpha value is -0.170. The van der Waals surface area contributed by atoms with Crippen molar-refractivity contribution in [3.8, 4) is 0 Å². The van der Waals surface area contributed by atoms with Gasteiger partial charge < -0.3 is 0 Å². The summed E-state index contributed by atoms with van der Waals surface area (Å²) in [7, 11) is 0. The van der Waals surface area contributed by atoms with E-state index in [1.165, 1.54) is 17.6 Å². The van der Waals surface area contributed by atoms with Gasteiger partial charge in [0.1, 0.15) is 0 Å². The highest BCUT2D eigenvalue weighted by atomic mass is 32.1. The number of hydrogen-bond donors (Lipinski definition) is 0. The van der Waals surface area contributed by atoms with Crippen LogP contribution in [0, 0.1) is 5.92 Å². The van der Waals surface area contributed by atoms with Crippen molar-refractivity contribution in [2.45, 2.75) is 41.0 Å². The van der Waals surface area contributed by atoms with Gasteiger partial charge in [0, 0.05) is 4.86 Å². The predicted octanol–water partition coefficient (Wildman–Crippen LogP) is 3.76. The first-order valence-corrected chi connectivity index (χ1v) is 4.53. The molecule has 0 heterocycles. The quantitative estimate of drug-likeness (QED) is 0.459. The lowest BCUT2D eigenvalue weighted by Crippen LogP contribution is -1.96. The highest BCUT2D eigenvalue weighted by Gasteiger charge is 2.01. The first kappa shape index (κ1) is 10.8.